The average molecular weight is 220 g/mol. The quantitative estimate of drug-likeness (QED) is 0.624. The lowest BCUT2D eigenvalue weighted by Crippen LogP contribution is -2.28. The van der Waals surface area contributed by atoms with Gasteiger partial charge >= 0.3 is 6.09 Å². The van der Waals surface area contributed by atoms with Gasteiger partial charge in [0.05, 0.1) is 10.9 Å². The van der Waals surface area contributed by atoms with E-state index in [1.54, 1.807) is 0 Å². The fraction of sp³-hybridized carbons (Fsp3) is 0.857. The van der Waals surface area contributed by atoms with Crippen molar-refractivity contribution in [2.24, 2.45) is 5.92 Å². The zero-order chi connectivity index (χ0) is 8.01. The molecular formula is C7H10BrNO2. The molecule has 2 fully saturated rings. The summed E-state index contributed by atoms with van der Waals surface area (Å²) in [5, 5.41) is 2.79. The zero-order valence-corrected chi connectivity index (χ0v) is 7.80. The maximum atomic E-state index is 10.8. The van der Waals surface area contributed by atoms with Crippen LogP contribution in [0.2, 0.25) is 0 Å². The molecule has 62 valence electrons. The summed E-state index contributed by atoms with van der Waals surface area (Å²) >= 11 is 3.52. The van der Waals surface area contributed by atoms with Gasteiger partial charge in [-0.2, -0.15) is 0 Å². The Morgan fingerprint density at radius 3 is 3.09 bits per heavy atom. The highest BCUT2D eigenvalue weighted by Crippen LogP contribution is 2.36. The molecule has 0 aromatic rings. The van der Waals surface area contributed by atoms with Gasteiger partial charge in [0.25, 0.3) is 0 Å². The van der Waals surface area contributed by atoms with Crippen molar-refractivity contribution >= 4 is 22.0 Å². The number of alkyl carbamates (subject to hydrolysis) is 1. The van der Waals surface area contributed by atoms with Crippen LogP contribution in [0.3, 0.4) is 0 Å². The van der Waals surface area contributed by atoms with Gasteiger partial charge in [0.1, 0.15) is 6.10 Å². The monoisotopic (exact) mass is 219 g/mol. The number of amides is 1. The number of ether oxygens (including phenoxy) is 1. The van der Waals surface area contributed by atoms with Crippen LogP contribution >= 0.6 is 15.9 Å². The normalized spacial score (nSPS) is 48.4. The Balaban J connectivity index is 2.13. The number of carbonyl (C=O) groups is 1. The Labute approximate surface area is 73.6 Å². The molecule has 1 amide bonds. The molecule has 0 aromatic carbocycles. The molecule has 0 bridgehead atoms. The minimum atomic E-state index is -0.267. The van der Waals surface area contributed by atoms with Crippen molar-refractivity contribution in [3.05, 3.63) is 0 Å². The molecule has 4 atom stereocenters. The number of rotatable bonds is 0. The summed E-state index contributed by atoms with van der Waals surface area (Å²) in [5.41, 5.74) is 0. The third-order valence-electron chi connectivity index (χ3n) is 2.43. The smallest absolute Gasteiger partial charge is 0.407 e. The lowest BCUT2D eigenvalue weighted by molar-refractivity contribution is 0.138. The molecule has 1 saturated carbocycles. The molecule has 1 unspecified atom stereocenters. The highest BCUT2D eigenvalue weighted by atomic mass is 79.9. The number of hydrogen-bond donors (Lipinski definition) is 1. The molecule has 3 nitrogen and oxygen atoms in total. The lowest BCUT2D eigenvalue weighted by Gasteiger charge is -2.11. The van der Waals surface area contributed by atoms with Crippen molar-refractivity contribution in [1.82, 2.24) is 5.32 Å². The SMILES string of the molecule is C[C@H]1C[C@H]2NC(=O)O[C@H]2C1Br. The molecule has 1 N–H and O–H groups in total. The van der Waals surface area contributed by atoms with Crippen molar-refractivity contribution in [2.45, 2.75) is 30.3 Å². The van der Waals surface area contributed by atoms with Crippen molar-refractivity contribution in [3.63, 3.8) is 0 Å². The molecule has 1 aliphatic carbocycles. The van der Waals surface area contributed by atoms with Gasteiger partial charge in [-0.1, -0.05) is 22.9 Å². The third-order valence-corrected chi connectivity index (χ3v) is 3.85. The Morgan fingerprint density at radius 1 is 1.73 bits per heavy atom. The second kappa shape index (κ2) is 2.37. The van der Waals surface area contributed by atoms with E-state index >= 15 is 0 Å². The van der Waals surface area contributed by atoms with Gasteiger partial charge in [-0.05, 0) is 12.3 Å². The Bertz CT molecular complexity index is 197. The highest BCUT2D eigenvalue weighted by Gasteiger charge is 2.47. The van der Waals surface area contributed by atoms with Gasteiger partial charge < -0.3 is 10.1 Å². The number of halogens is 1. The third kappa shape index (κ3) is 1.04. The second-order valence-corrected chi connectivity index (χ2v) is 4.34. The first-order chi connectivity index (χ1) is 5.18. The van der Waals surface area contributed by atoms with E-state index in [1.165, 1.54) is 0 Å². The summed E-state index contributed by atoms with van der Waals surface area (Å²) in [6.45, 7) is 2.16. The van der Waals surface area contributed by atoms with Crippen molar-refractivity contribution in [3.8, 4) is 0 Å². The van der Waals surface area contributed by atoms with Crippen LogP contribution in [0.25, 0.3) is 0 Å². The molecule has 0 aromatic heterocycles. The summed E-state index contributed by atoms with van der Waals surface area (Å²) in [6, 6.07) is 0.238. The van der Waals surface area contributed by atoms with Crippen LogP contribution in [0, 0.1) is 5.92 Å². The molecule has 2 aliphatic rings. The van der Waals surface area contributed by atoms with Gasteiger partial charge in [-0.15, -0.1) is 0 Å². The minimum absolute atomic E-state index is 0.0532. The number of fused-ring (bicyclic) bond motifs is 1. The lowest BCUT2D eigenvalue weighted by atomic mass is 10.1. The van der Waals surface area contributed by atoms with E-state index in [2.05, 4.69) is 28.2 Å². The maximum Gasteiger partial charge on any atom is 0.407 e. The molecule has 1 heterocycles. The van der Waals surface area contributed by atoms with E-state index in [-0.39, 0.29) is 18.2 Å². The molecule has 0 radical (unpaired) electrons. The Kier molecular flexibility index (Phi) is 1.59. The first kappa shape index (κ1) is 7.40. The molecule has 2 rings (SSSR count). The summed E-state index contributed by atoms with van der Waals surface area (Å²) in [5.74, 6) is 0.589. The van der Waals surface area contributed by atoms with Crippen LogP contribution < -0.4 is 5.32 Å². The van der Waals surface area contributed by atoms with Gasteiger partial charge in [-0.3, -0.25) is 0 Å². The van der Waals surface area contributed by atoms with E-state index in [0.717, 1.165) is 6.42 Å². The predicted molar refractivity (Wildman–Crippen MR) is 43.7 cm³/mol. The highest BCUT2D eigenvalue weighted by molar-refractivity contribution is 9.09. The molecule has 1 saturated heterocycles. The fourth-order valence-electron chi connectivity index (χ4n) is 1.81. The van der Waals surface area contributed by atoms with Crippen LogP contribution in [0.15, 0.2) is 0 Å². The topological polar surface area (TPSA) is 38.3 Å². The zero-order valence-electron chi connectivity index (χ0n) is 6.21. The van der Waals surface area contributed by atoms with Gasteiger partial charge in [0, 0.05) is 0 Å². The van der Waals surface area contributed by atoms with E-state index in [4.69, 9.17) is 4.74 Å². The summed E-state index contributed by atoms with van der Waals surface area (Å²) < 4.78 is 5.07. The van der Waals surface area contributed by atoms with Crippen molar-refractivity contribution in [1.29, 1.82) is 0 Å². The minimum Gasteiger partial charge on any atom is -0.443 e. The maximum absolute atomic E-state index is 10.8. The summed E-state index contributed by atoms with van der Waals surface area (Å²) in [4.78, 5) is 11.1. The van der Waals surface area contributed by atoms with Crippen LogP contribution in [-0.2, 0) is 4.74 Å². The molecule has 1 aliphatic heterocycles. The number of hydrogen-bond acceptors (Lipinski definition) is 2. The second-order valence-electron chi connectivity index (χ2n) is 3.28. The summed E-state index contributed by atoms with van der Waals surface area (Å²) in [7, 11) is 0. The standard InChI is InChI=1S/C7H10BrNO2/c1-3-2-4-6(5(3)8)11-7(10)9-4/h3-6H,2H2,1H3,(H,9,10)/t3-,4+,5?,6+/m0/s1. The van der Waals surface area contributed by atoms with Gasteiger partial charge in [0.15, 0.2) is 0 Å². The van der Waals surface area contributed by atoms with Crippen LogP contribution in [0.1, 0.15) is 13.3 Å². The Morgan fingerprint density at radius 2 is 2.45 bits per heavy atom. The largest absolute Gasteiger partial charge is 0.443 e. The molecule has 11 heavy (non-hydrogen) atoms. The first-order valence-electron chi connectivity index (χ1n) is 3.79. The fourth-order valence-corrected chi connectivity index (χ4v) is 2.50. The van der Waals surface area contributed by atoms with E-state index in [1.807, 2.05) is 0 Å². The number of alkyl halides is 1. The van der Waals surface area contributed by atoms with Gasteiger partial charge in [-0.25, -0.2) is 4.79 Å². The summed E-state index contributed by atoms with van der Waals surface area (Å²) in [6.07, 6.45) is 0.806. The van der Waals surface area contributed by atoms with Crippen LogP contribution in [0.5, 0.6) is 0 Å². The van der Waals surface area contributed by atoms with E-state index in [0.29, 0.717) is 10.7 Å². The van der Waals surface area contributed by atoms with E-state index in [9.17, 15) is 4.79 Å². The van der Waals surface area contributed by atoms with E-state index < -0.39 is 0 Å². The van der Waals surface area contributed by atoms with Crippen LogP contribution in [0.4, 0.5) is 4.79 Å². The first-order valence-corrected chi connectivity index (χ1v) is 4.71. The number of nitrogens with one attached hydrogen (secondary N) is 1. The molecule has 0 spiro atoms. The Hall–Kier alpha value is -0.250. The van der Waals surface area contributed by atoms with Crippen molar-refractivity contribution < 1.29 is 9.53 Å². The van der Waals surface area contributed by atoms with Crippen LogP contribution in [-0.4, -0.2) is 23.1 Å². The van der Waals surface area contributed by atoms with Crippen molar-refractivity contribution in [2.75, 3.05) is 0 Å². The molecular weight excluding hydrogens is 210 g/mol. The average Bonchev–Trinajstić information content (AvgIpc) is 2.37. The molecule has 4 heteroatoms. The number of carbonyl (C=O) groups excluding carboxylic acids is 1. The predicted octanol–water partition coefficient (Wildman–Crippen LogP) is 1.27. The van der Waals surface area contributed by atoms with Gasteiger partial charge in [0.2, 0.25) is 0 Å².